The van der Waals surface area contributed by atoms with Crippen LogP contribution in [0.15, 0.2) is 61.2 Å². The number of unbranched alkanes of at least 4 members (excludes halogenated alkanes) is 1. The van der Waals surface area contributed by atoms with Gasteiger partial charge in [-0.1, -0.05) is 56.2 Å². The van der Waals surface area contributed by atoms with Gasteiger partial charge in [0.1, 0.15) is 5.75 Å². The van der Waals surface area contributed by atoms with Crippen LogP contribution in [-0.2, 0) is 22.0 Å². The standard InChI is InChI=1S/C36H48ClN3O5S/c1-4-7-9-12-33(41)30-16-13-28(30)23-39-24-36(19-10-11-26-21-29(37)15-17-31(26)36)25-45-34-18-14-27(22-32(34)39)35(42)38-46(43,44)40(6-3)20-8-5-2/h5,9,12,14-15,17-18,21-22,28,30,33,41H,2,4,6-8,10-11,13,16,19-20,23-25H2,1,3H3,(H,38,42)/b12-9+/t28-,30+,33-,36-/m0/s1. The number of carbonyl (C=O) groups is 1. The highest BCUT2D eigenvalue weighted by molar-refractivity contribution is 7.87. The second-order valence-corrected chi connectivity index (χ2v) is 15.1. The Hall–Kier alpha value is -2.85. The lowest BCUT2D eigenvalue weighted by Crippen LogP contribution is -2.49. The van der Waals surface area contributed by atoms with Crippen LogP contribution >= 0.6 is 11.6 Å². The molecule has 0 aromatic heterocycles. The van der Waals surface area contributed by atoms with Crippen molar-refractivity contribution in [1.82, 2.24) is 9.03 Å². The van der Waals surface area contributed by atoms with Gasteiger partial charge in [-0.2, -0.15) is 12.7 Å². The van der Waals surface area contributed by atoms with Crippen LogP contribution < -0.4 is 14.4 Å². The van der Waals surface area contributed by atoms with Gasteiger partial charge in [-0.25, -0.2) is 4.72 Å². The number of amides is 1. The minimum Gasteiger partial charge on any atom is -0.490 e. The first kappa shape index (κ1) is 34.5. The molecule has 0 bridgehead atoms. The molecule has 3 aliphatic rings. The minimum absolute atomic E-state index is 0.154. The average molecular weight is 670 g/mol. The van der Waals surface area contributed by atoms with Crippen molar-refractivity contribution in [1.29, 1.82) is 0 Å². The first-order chi connectivity index (χ1) is 22.1. The number of fused-ring (bicyclic) bond motifs is 3. The Bertz CT molecular complexity index is 1550. The van der Waals surface area contributed by atoms with Crippen LogP contribution in [0.1, 0.15) is 80.3 Å². The van der Waals surface area contributed by atoms with Crippen LogP contribution in [-0.4, -0.2) is 62.6 Å². The molecule has 8 nitrogen and oxygen atoms in total. The van der Waals surface area contributed by atoms with Crippen molar-refractivity contribution < 1.29 is 23.1 Å². The molecule has 2 aliphatic carbocycles. The van der Waals surface area contributed by atoms with Crippen LogP contribution in [0, 0.1) is 11.8 Å². The van der Waals surface area contributed by atoms with Crippen molar-refractivity contribution >= 4 is 33.4 Å². The number of hydrogen-bond acceptors (Lipinski definition) is 6. The summed E-state index contributed by atoms with van der Waals surface area (Å²) >= 11 is 6.41. The Morgan fingerprint density at radius 1 is 1.24 bits per heavy atom. The second kappa shape index (κ2) is 14.9. The maximum atomic E-state index is 13.4. The molecule has 2 aromatic rings. The molecular formula is C36H48ClN3O5S. The van der Waals surface area contributed by atoms with E-state index in [4.69, 9.17) is 16.3 Å². The van der Waals surface area contributed by atoms with Crippen molar-refractivity contribution in [3.05, 3.63) is 82.9 Å². The summed E-state index contributed by atoms with van der Waals surface area (Å²) in [5.74, 6) is 0.395. The quantitative estimate of drug-likeness (QED) is 0.239. The molecule has 5 rings (SSSR count). The third-order valence-electron chi connectivity index (χ3n) is 9.95. The van der Waals surface area contributed by atoms with E-state index in [0.29, 0.717) is 31.9 Å². The zero-order valence-corrected chi connectivity index (χ0v) is 28.7. The lowest BCUT2D eigenvalue weighted by atomic mass is 9.68. The van der Waals surface area contributed by atoms with Gasteiger partial charge in [-0.3, -0.25) is 4.79 Å². The first-order valence-electron chi connectivity index (χ1n) is 16.7. The fraction of sp³-hybridized carbons (Fsp3) is 0.528. The molecule has 250 valence electrons. The van der Waals surface area contributed by atoms with Gasteiger partial charge in [0.2, 0.25) is 0 Å². The Balaban J connectivity index is 1.47. The number of ether oxygens (including phenoxy) is 1. The molecule has 1 fully saturated rings. The van der Waals surface area contributed by atoms with Gasteiger partial charge < -0.3 is 14.7 Å². The smallest absolute Gasteiger partial charge is 0.304 e. The number of aliphatic hydroxyl groups is 1. The summed E-state index contributed by atoms with van der Waals surface area (Å²) in [7, 11) is -4.04. The van der Waals surface area contributed by atoms with Gasteiger partial charge in [0, 0.05) is 42.2 Å². The van der Waals surface area contributed by atoms with Gasteiger partial charge in [-0.15, -0.1) is 6.58 Å². The fourth-order valence-electron chi connectivity index (χ4n) is 7.28. The highest BCUT2D eigenvalue weighted by atomic mass is 35.5. The number of benzene rings is 2. The fourth-order valence-corrected chi connectivity index (χ4v) is 8.64. The van der Waals surface area contributed by atoms with Crippen molar-refractivity contribution in [3.63, 3.8) is 0 Å². The molecule has 1 spiro atoms. The number of halogens is 1. The molecule has 46 heavy (non-hydrogen) atoms. The Labute approximate surface area is 279 Å². The number of allylic oxidation sites excluding steroid dienone is 1. The maximum Gasteiger partial charge on any atom is 0.304 e. The van der Waals surface area contributed by atoms with Crippen LogP contribution in [0.4, 0.5) is 5.69 Å². The molecule has 1 amide bonds. The van der Waals surface area contributed by atoms with Crippen LogP contribution in [0.5, 0.6) is 5.75 Å². The van der Waals surface area contributed by atoms with E-state index >= 15 is 0 Å². The molecule has 4 atom stereocenters. The summed E-state index contributed by atoms with van der Waals surface area (Å²) in [4.78, 5) is 15.7. The Morgan fingerprint density at radius 3 is 2.78 bits per heavy atom. The summed E-state index contributed by atoms with van der Waals surface area (Å²) in [6.07, 6.45) is 12.5. The summed E-state index contributed by atoms with van der Waals surface area (Å²) < 4.78 is 36.2. The predicted octanol–water partition coefficient (Wildman–Crippen LogP) is 6.43. The molecule has 0 saturated heterocycles. The number of rotatable bonds is 13. The number of aliphatic hydroxyl groups excluding tert-OH is 1. The lowest BCUT2D eigenvalue weighted by Gasteiger charge is -2.45. The minimum atomic E-state index is -4.04. The average Bonchev–Trinajstić information content (AvgIpc) is 3.16. The number of nitrogens with one attached hydrogen (secondary N) is 1. The molecule has 1 aliphatic heterocycles. The largest absolute Gasteiger partial charge is 0.490 e. The van der Waals surface area contributed by atoms with Gasteiger partial charge in [-0.05, 0) is 98.2 Å². The second-order valence-electron chi connectivity index (χ2n) is 13.0. The van der Waals surface area contributed by atoms with E-state index in [1.165, 1.54) is 15.4 Å². The van der Waals surface area contributed by atoms with Crippen molar-refractivity contribution in [2.75, 3.05) is 37.7 Å². The van der Waals surface area contributed by atoms with E-state index < -0.39 is 22.2 Å². The van der Waals surface area contributed by atoms with Gasteiger partial charge in [0.05, 0.1) is 18.4 Å². The van der Waals surface area contributed by atoms with Crippen molar-refractivity contribution in [3.8, 4) is 5.75 Å². The number of carbonyl (C=O) groups excluding carboxylic acids is 1. The number of aryl methyl sites for hydroxylation is 1. The number of anilines is 1. The SMILES string of the molecule is C=CCCN(CC)S(=O)(=O)NC(=O)c1ccc2c(c1)N(C[C@@H]1CC[C@H]1[C@@H](O)/C=C/CCC)C[C@@]1(CCCc3cc(Cl)ccc31)CO2. The summed E-state index contributed by atoms with van der Waals surface area (Å²) in [5, 5.41) is 11.8. The van der Waals surface area contributed by atoms with E-state index in [0.717, 1.165) is 55.7 Å². The predicted molar refractivity (Wildman–Crippen MR) is 185 cm³/mol. The number of nitrogens with zero attached hydrogens (tertiary/aromatic N) is 2. The van der Waals surface area contributed by atoms with Gasteiger partial charge in [0.15, 0.2) is 0 Å². The summed E-state index contributed by atoms with van der Waals surface area (Å²) in [6.45, 7) is 9.87. The zero-order chi connectivity index (χ0) is 32.9. The topological polar surface area (TPSA) is 99.2 Å². The Morgan fingerprint density at radius 2 is 2.07 bits per heavy atom. The van der Waals surface area contributed by atoms with Crippen LogP contribution in [0.25, 0.3) is 0 Å². The van der Waals surface area contributed by atoms with E-state index in [1.54, 1.807) is 31.2 Å². The van der Waals surface area contributed by atoms with Crippen LogP contribution in [0.2, 0.25) is 5.02 Å². The summed E-state index contributed by atoms with van der Waals surface area (Å²) in [5.41, 5.74) is 3.22. The monoisotopic (exact) mass is 669 g/mol. The molecule has 1 heterocycles. The van der Waals surface area contributed by atoms with E-state index in [2.05, 4.69) is 41.3 Å². The van der Waals surface area contributed by atoms with E-state index in [-0.39, 0.29) is 35.9 Å². The van der Waals surface area contributed by atoms with Crippen LogP contribution in [0.3, 0.4) is 0 Å². The number of hydrogen-bond donors (Lipinski definition) is 2. The Kier molecular flexibility index (Phi) is 11.2. The summed E-state index contributed by atoms with van der Waals surface area (Å²) in [6, 6.07) is 11.3. The molecule has 0 radical (unpaired) electrons. The highest BCUT2D eigenvalue weighted by Gasteiger charge is 2.44. The normalized spacial score (nSPS) is 23.3. The molecule has 0 unspecified atom stereocenters. The van der Waals surface area contributed by atoms with E-state index in [9.17, 15) is 18.3 Å². The molecule has 10 heteroatoms. The lowest BCUT2D eigenvalue weighted by molar-refractivity contribution is 0.0456. The third kappa shape index (κ3) is 7.48. The first-order valence-corrected chi connectivity index (χ1v) is 18.5. The zero-order valence-electron chi connectivity index (χ0n) is 27.1. The van der Waals surface area contributed by atoms with E-state index in [1.807, 2.05) is 12.1 Å². The third-order valence-corrected chi connectivity index (χ3v) is 11.8. The molecule has 2 aromatic carbocycles. The molecule has 2 N–H and O–H groups in total. The highest BCUT2D eigenvalue weighted by Crippen LogP contribution is 2.46. The van der Waals surface area contributed by atoms with Gasteiger partial charge in [0.25, 0.3) is 5.91 Å². The molecular weight excluding hydrogens is 622 g/mol. The van der Waals surface area contributed by atoms with Crippen molar-refractivity contribution in [2.24, 2.45) is 11.8 Å². The van der Waals surface area contributed by atoms with Gasteiger partial charge >= 0.3 is 10.2 Å². The maximum absolute atomic E-state index is 13.4. The molecule has 1 saturated carbocycles. The van der Waals surface area contributed by atoms with Crippen molar-refractivity contribution in [2.45, 2.75) is 76.7 Å².